The molecule has 1 saturated carbocycles. The second-order valence-corrected chi connectivity index (χ2v) is 2.67. The predicted octanol–water partition coefficient (Wildman–Crippen LogP) is 0.0725. The van der Waals surface area contributed by atoms with Crippen molar-refractivity contribution >= 4 is 0 Å². The average Bonchev–Trinajstić information content (AvgIpc) is 2.50. The Labute approximate surface area is 50.2 Å². The lowest BCUT2D eigenvalue weighted by atomic mass is 10.1. The minimum absolute atomic E-state index is 0.266. The van der Waals surface area contributed by atoms with E-state index in [4.69, 9.17) is 11.5 Å². The van der Waals surface area contributed by atoms with Crippen LogP contribution in [-0.4, -0.2) is 12.6 Å². The molecule has 0 heterocycles. The van der Waals surface area contributed by atoms with Crippen LogP contribution in [0, 0.1) is 5.92 Å². The Balaban J connectivity index is 1.98. The number of hydrogen-bond acceptors (Lipinski definition) is 2. The lowest BCUT2D eigenvalue weighted by Gasteiger charge is -2.04. The lowest BCUT2D eigenvalue weighted by molar-refractivity contribution is 0.577. The topological polar surface area (TPSA) is 52.0 Å². The quantitative estimate of drug-likeness (QED) is 0.545. The summed E-state index contributed by atoms with van der Waals surface area (Å²) in [4.78, 5) is 0. The lowest BCUT2D eigenvalue weighted by Crippen LogP contribution is -2.29. The molecule has 1 aliphatic carbocycles. The van der Waals surface area contributed by atoms with Crippen molar-refractivity contribution in [3.8, 4) is 0 Å². The molecule has 0 aromatic heterocycles. The van der Waals surface area contributed by atoms with Gasteiger partial charge in [-0.25, -0.2) is 0 Å². The second kappa shape index (κ2) is 2.46. The largest absolute Gasteiger partial charge is 0.329 e. The van der Waals surface area contributed by atoms with E-state index in [0.29, 0.717) is 6.54 Å². The molecule has 0 aromatic carbocycles. The van der Waals surface area contributed by atoms with Gasteiger partial charge in [0.25, 0.3) is 0 Å². The van der Waals surface area contributed by atoms with Gasteiger partial charge in [0.05, 0.1) is 0 Å². The van der Waals surface area contributed by atoms with E-state index in [-0.39, 0.29) is 6.04 Å². The van der Waals surface area contributed by atoms with E-state index in [1.54, 1.807) is 0 Å². The maximum absolute atomic E-state index is 5.59. The van der Waals surface area contributed by atoms with Gasteiger partial charge in [0.1, 0.15) is 0 Å². The first kappa shape index (κ1) is 6.05. The minimum atomic E-state index is 0.266. The van der Waals surface area contributed by atoms with Crippen LogP contribution in [0.5, 0.6) is 0 Å². The summed E-state index contributed by atoms with van der Waals surface area (Å²) < 4.78 is 0. The van der Waals surface area contributed by atoms with E-state index < -0.39 is 0 Å². The Bertz CT molecular complexity index is 68.9. The Hall–Kier alpha value is -0.0800. The fraction of sp³-hybridized carbons (Fsp3) is 1.00. The van der Waals surface area contributed by atoms with Gasteiger partial charge in [0.15, 0.2) is 0 Å². The molecule has 48 valence electrons. The van der Waals surface area contributed by atoms with Crippen molar-refractivity contribution in [2.45, 2.75) is 25.3 Å². The molecule has 2 heteroatoms. The molecule has 1 fully saturated rings. The van der Waals surface area contributed by atoms with Gasteiger partial charge in [-0.15, -0.1) is 0 Å². The first-order valence-corrected chi connectivity index (χ1v) is 3.28. The average molecular weight is 114 g/mol. The van der Waals surface area contributed by atoms with Gasteiger partial charge < -0.3 is 11.5 Å². The molecule has 1 atom stereocenters. The zero-order valence-corrected chi connectivity index (χ0v) is 5.14. The smallest absolute Gasteiger partial charge is 0.0165 e. The third-order valence-electron chi connectivity index (χ3n) is 1.64. The summed E-state index contributed by atoms with van der Waals surface area (Å²) >= 11 is 0. The third-order valence-corrected chi connectivity index (χ3v) is 1.64. The molecule has 0 aliphatic heterocycles. The molecule has 0 bridgehead atoms. The fourth-order valence-corrected chi connectivity index (χ4v) is 0.878. The first-order valence-electron chi connectivity index (χ1n) is 3.28. The molecular formula is C6H14N2. The summed E-state index contributed by atoms with van der Waals surface area (Å²) in [5.41, 5.74) is 10.9. The van der Waals surface area contributed by atoms with Gasteiger partial charge in [-0.05, 0) is 12.3 Å². The molecular weight excluding hydrogens is 100 g/mol. The summed E-state index contributed by atoms with van der Waals surface area (Å²) in [6.07, 6.45) is 3.91. The standard InChI is InChI=1S/C6H14N2/c7-4-6(8)3-5-1-2-5/h5-6H,1-4,7-8H2. The number of rotatable bonds is 3. The first-order chi connectivity index (χ1) is 3.83. The second-order valence-electron chi connectivity index (χ2n) is 2.67. The maximum Gasteiger partial charge on any atom is 0.0165 e. The molecule has 2 nitrogen and oxygen atoms in total. The van der Waals surface area contributed by atoms with Crippen LogP contribution in [0.25, 0.3) is 0 Å². The molecule has 8 heavy (non-hydrogen) atoms. The maximum atomic E-state index is 5.59. The van der Waals surface area contributed by atoms with Crippen molar-refractivity contribution < 1.29 is 0 Å². The van der Waals surface area contributed by atoms with Crippen molar-refractivity contribution in [1.82, 2.24) is 0 Å². The molecule has 0 radical (unpaired) electrons. The van der Waals surface area contributed by atoms with Crippen LogP contribution < -0.4 is 11.5 Å². The van der Waals surface area contributed by atoms with Crippen molar-refractivity contribution in [2.75, 3.05) is 6.54 Å². The zero-order valence-electron chi connectivity index (χ0n) is 5.14. The Kier molecular flexibility index (Phi) is 1.86. The molecule has 1 aliphatic rings. The Morgan fingerprint density at radius 2 is 2.12 bits per heavy atom. The molecule has 0 saturated heterocycles. The Morgan fingerprint density at radius 3 is 2.50 bits per heavy atom. The normalized spacial score (nSPS) is 23.2. The highest BCUT2D eigenvalue weighted by molar-refractivity contribution is 4.78. The van der Waals surface area contributed by atoms with Gasteiger partial charge in [-0.2, -0.15) is 0 Å². The fourth-order valence-electron chi connectivity index (χ4n) is 0.878. The highest BCUT2D eigenvalue weighted by Gasteiger charge is 2.22. The SMILES string of the molecule is NCC(N)CC1CC1. The van der Waals surface area contributed by atoms with Crippen LogP contribution >= 0.6 is 0 Å². The molecule has 4 N–H and O–H groups in total. The van der Waals surface area contributed by atoms with Gasteiger partial charge >= 0.3 is 0 Å². The van der Waals surface area contributed by atoms with Crippen LogP contribution in [0.4, 0.5) is 0 Å². The highest BCUT2D eigenvalue weighted by Crippen LogP contribution is 2.32. The summed E-state index contributed by atoms with van der Waals surface area (Å²) in [6, 6.07) is 0.266. The van der Waals surface area contributed by atoms with Crippen LogP contribution in [0.2, 0.25) is 0 Å². The monoisotopic (exact) mass is 114 g/mol. The van der Waals surface area contributed by atoms with Crippen molar-refractivity contribution in [2.24, 2.45) is 17.4 Å². The summed E-state index contributed by atoms with van der Waals surface area (Å²) in [5, 5.41) is 0. The van der Waals surface area contributed by atoms with Crippen LogP contribution in [0.15, 0.2) is 0 Å². The van der Waals surface area contributed by atoms with E-state index in [1.165, 1.54) is 12.8 Å². The van der Waals surface area contributed by atoms with Crippen molar-refractivity contribution in [3.05, 3.63) is 0 Å². The van der Waals surface area contributed by atoms with Crippen LogP contribution in [-0.2, 0) is 0 Å². The molecule has 0 spiro atoms. The predicted molar refractivity (Wildman–Crippen MR) is 34.4 cm³/mol. The van der Waals surface area contributed by atoms with E-state index in [9.17, 15) is 0 Å². The Morgan fingerprint density at radius 1 is 1.50 bits per heavy atom. The zero-order chi connectivity index (χ0) is 5.98. The van der Waals surface area contributed by atoms with E-state index in [1.807, 2.05) is 0 Å². The number of nitrogens with two attached hydrogens (primary N) is 2. The van der Waals surface area contributed by atoms with Crippen molar-refractivity contribution in [1.29, 1.82) is 0 Å². The van der Waals surface area contributed by atoms with E-state index >= 15 is 0 Å². The van der Waals surface area contributed by atoms with Gasteiger partial charge in [-0.1, -0.05) is 12.8 Å². The summed E-state index contributed by atoms with van der Waals surface area (Å²) in [6.45, 7) is 0.649. The molecule has 1 unspecified atom stereocenters. The highest BCUT2D eigenvalue weighted by atomic mass is 14.7. The molecule has 1 rings (SSSR count). The van der Waals surface area contributed by atoms with Crippen LogP contribution in [0.1, 0.15) is 19.3 Å². The third kappa shape index (κ3) is 1.80. The van der Waals surface area contributed by atoms with Gasteiger partial charge in [-0.3, -0.25) is 0 Å². The van der Waals surface area contributed by atoms with Crippen molar-refractivity contribution in [3.63, 3.8) is 0 Å². The van der Waals surface area contributed by atoms with Crippen LogP contribution in [0.3, 0.4) is 0 Å². The van der Waals surface area contributed by atoms with E-state index in [0.717, 1.165) is 12.3 Å². The minimum Gasteiger partial charge on any atom is -0.329 e. The summed E-state index contributed by atoms with van der Waals surface area (Å²) in [7, 11) is 0. The summed E-state index contributed by atoms with van der Waals surface area (Å²) in [5.74, 6) is 0.925. The molecule has 0 amide bonds. The van der Waals surface area contributed by atoms with Gasteiger partial charge in [0.2, 0.25) is 0 Å². The number of hydrogen-bond donors (Lipinski definition) is 2. The van der Waals surface area contributed by atoms with E-state index in [2.05, 4.69) is 0 Å². The molecule has 0 aromatic rings. The van der Waals surface area contributed by atoms with Gasteiger partial charge in [0, 0.05) is 12.6 Å².